The molecule has 0 bridgehead atoms. The minimum atomic E-state index is -0.837. The number of hydrogen-bond acceptors (Lipinski definition) is 4. The van der Waals surface area contributed by atoms with Gasteiger partial charge in [-0.15, -0.1) is 11.3 Å². The Bertz CT molecular complexity index is 577. The number of nitrogens with zero attached hydrogens (tertiary/aromatic N) is 1. The summed E-state index contributed by atoms with van der Waals surface area (Å²) < 4.78 is 31.9. The lowest BCUT2D eigenvalue weighted by atomic mass is 10.0. The third-order valence-corrected chi connectivity index (χ3v) is 4.03. The highest BCUT2D eigenvalue weighted by atomic mass is 32.1. The number of ether oxygens (including phenoxy) is 1. The van der Waals surface area contributed by atoms with Gasteiger partial charge in [-0.2, -0.15) is 0 Å². The van der Waals surface area contributed by atoms with Gasteiger partial charge < -0.3 is 10.1 Å². The predicted molar refractivity (Wildman–Crippen MR) is 72.4 cm³/mol. The highest BCUT2D eigenvalue weighted by Gasteiger charge is 2.29. The van der Waals surface area contributed by atoms with Crippen molar-refractivity contribution in [2.24, 2.45) is 0 Å². The number of rotatable bonds is 4. The van der Waals surface area contributed by atoms with Crippen LogP contribution < -0.4 is 5.32 Å². The van der Waals surface area contributed by atoms with Crippen molar-refractivity contribution >= 4 is 11.3 Å². The van der Waals surface area contributed by atoms with Crippen molar-refractivity contribution in [3.05, 3.63) is 52.0 Å². The minimum absolute atomic E-state index is 0.0848. The molecule has 0 spiro atoms. The Labute approximate surface area is 119 Å². The first kappa shape index (κ1) is 13.6. The summed E-state index contributed by atoms with van der Waals surface area (Å²) in [7, 11) is 0. The molecule has 6 heteroatoms. The summed E-state index contributed by atoms with van der Waals surface area (Å²) in [4.78, 5) is 4.21. The summed E-state index contributed by atoms with van der Waals surface area (Å²) in [5, 5.41) is 5.35. The molecule has 3 rings (SSSR count). The van der Waals surface area contributed by atoms with E-state index in [-0.39, 0.29) is 12.1 Å². The van der Waals surface area contributed by atoms with Gasteiger partial charge in [0.15, 0.2) is 11.6 Å². The Hall–Kier alpha value is -1.37. The van der Waals surface area contributed by atoms with E-state index in [0.717, 1.165) is 18.2 Å². The molecule has 106 valence electrons. The van der Waals surface area contributed by atoms with Crippen LogP contribution in [0.15, 0.2) is 29.1 Å². The number of benzene rings is 1. The fraction of sp³-hybridized carbons (Fsp3) is 0.357. The molecular formula is C14H14F2N2OS. The maximum absolute atomic E-state index is 13.3. The first-order valence-corrected chi connectivity index (χ1v) is 7.35. The molecule has 3 nitrogen and oxygen atoms in total. The average Bonchev–Trinajstić information content (AvgIpc) is 3.10. The van der Waals surface area contributed by atoms with E-state index in [1.54, 1.807) is 22.9 Å². The third kappa shape index (κ3) is 2.87. The second kappa shape index (κ2) is 5.95. The van der Waals surface area contributed by atoms with Crippen LogP contribution in [0.25, 0.3) is 0 Å². The van der Waals surface area contributed by atoms with Gasteiger partial charge in [0.05, 0.1) is 17.3 Å². The van der Waals surface area contributed by atoms with Gasteiger partial charge in [-0.05, 0) is 24.1 Å². The van der Waals surface area contributed by atoms with Crippen LogP contribution in [0.3, 0.4) is 0 Å². The standard InChI is InChI=1S/C14H14F2N2OS/c15-11-2-1-9(5-12(11)16)14-13(3-4-19-14)17-6-10-7-20-8-18-10/h1-2,5,7-8,13-14,17H,3-4,6H2/t13-,14-/m1/s1. The van der Waals surface area contributed by atoms with Gasteiger partial charge in [-0.25, -0.2) is 13.8 Å². The van der Waals surface area contributed by atoms with E-state index in [0.29, 0.717) is 18.7 Å². The highest BCUT2D eigenvalue weighted by Crippen LogP contribution is 2.30. The molecule has 20 heavy (non-hydrogen) atoms. The number of halogens is 2. The molecule has 0 radical (unpaired) electrons. The molecule has 1 aliphatic heterocycles. The number of nitrogens with one attached hydrogen (secondary N) is 1. The van der Waals surface area contributed by atoms with Crippen LogP contribution in [0.5, 0.6) is 0 Å². The Kier molecular flexibility index (Phi) is 4.05. The zero-order chi connectivity index (χ0) is 13.9. The van der Waals surface area contributed by atoms with Gasteiger partial charge in [-0.3, -0.25) is 0 Å². The van der Waals surface area contributed by atoms with E-state index >= 15 is 0 Å². The lowest BCUT2D eigenvalue weighted by molar-refractivity contribution is 0.0980. The summed E-state index contributed by atoms with van der Waals surface area (Å²) in [6.45, 7) is 1.26. The van der Waals surface area contributed by atoms with Crippen molar-refractivity contribution < 1.29 is 13.5 Å². The zero-order valence-corrected chi connectivity index (χ0v) is 11.5. The summed E-state index contributed by atoms with van der Waals surface area (Å²) >= 11 is 1.55. The van der Waals surface area contributed by atoms with Gasteiger partial charge in [0.1, 0.15) is 0 Å². The van der Waals surface area contributed by atoms with Crippen LogP contribution in [0, 0.1) is 11.6 Å². The Morgan fingerprint density at radius 2 is 2.25 bits per heavy atom. The first-order valence-electron chi connectivity index (χ1n) is 6.41. The van der Waals surface area contributed by atoms with E-state index < -0.39 is 11.6 Å². The molecule has 1 saturated heterocycles. The van der Waals surface area contributed by atoms with Crippen LogP contribution in [0.4, 0.5) is 8.78 Å². The second-order valence-electron chi connectivity index (χ2n) is 4.72. The third-order valence-electron chi connectivity index (χ3n) is 3.39. The number of hydrogen-bond donors (Lipinski definition) is 1. The van der Waals surface area contributed by atoms with E-state index in [1.807, 2.05) is 5.38 Å². The number of aromatic nitrogens is 1. The molecule has 0 unspecified atom stereocenters. The maximum Gasteiger partial charge on any atom is 0.159 e. The van der Waals surface area contributed by atoms with Crippen molar-refractivity contribution in [3.63, 3.8) is 0 Å². The van der Waals surface area contributed by atoms with Crippen LogP contribution in [0.2, 0.25) is 0 Å². The van der Waals surface area contributed by atoms with Gasteiger partial charge in [0.2, 0.25) is 0 Å². The maximum atomic E-state index is 13.3. The summed E-state index contributed by atoms with van der Waals surface area (Å²) in [5.74, 6) is -1.67. The molecule has 2 atom stereocenters. The fourth-order valence-electron chi connectivity index (χ4n) is 2.38. The average molecular weight is 296 g/mol. The van der Waals surface area contributed by atoms with Gasteiger partial charge >= 0.3 is 0 Å². The van der Waals surface area contributed by atoms with E-state index in [2.05, 4.69) is 10.3 Å². The van der Waals surface area contributed by atoms with Gasteiger partial charge in [0.25, 0.3) is 0 Å². The van der Waals surface area contributed by atoms with E-state index in [1.165, 1.54) is 6.07 Å². The smallest absolute Gasteiger partial charge is 0.159 e. The fourth-order valence-corrected chi connectivity index (χ4v) is 2.94. The van der Waals surface area contributed by atoms with Gasteiger partial charge in [-0.1, -0.05) is 6.07 Å². The van der Waals surface area contributed by atoms with Crippen molar-refractivity contribution in [2.75, 3.05) is 6.61 Å². The minimum Gasteiger partial charge on any atom is -0.372 e. The monoisotopic (exact) mass is 296 g/mol. The van der Waals surface area contributed by atoms with Crippen LogP contribution in [0.1, 0.15) is 23.8 Å². The highest BCUT2D eigenvalue weighted by molar-refractivity contribution is 7.07. The molecule has 2 aromatic rings. The lowest BCUT2D eigenvalue weighted by Gasteiger charge is -2.20. The topological polar surface area (TPSA) is 34.1 Å². The Morgan fingerprint density at radius 1 is 1.35 bits per heavy atom. The quantitative estimate of drug-likeness (QED) is 0.941. The van der Waals surface area contributed by atoms with Crippen molar-refractivity contribution in [3.8, 4) is 0 Å². The van der Waals surface area contributed by atoms with Crippen molar-refractivity contribution in [1.29, 1.82) is 0 Å². The molecule has 1 aromatic carbocycles. The van der Waals surface area contributed by atoms with Crippen LogP contribution in [-0.4, -0.2) is 17.6 Å². The molecular weight excluding hydrogens is 282 g/mol. The first-order chi connectivity index (χ1) is 9.74. The second-order valence-corrected chi connectivity index (χ2v) is 5.44. The molecule has 0 amide bonds. The van der Waals surface area contributed by atoms with Crippen molar-refractivity contribution in [2.45, 2.75) is 25.1 Å². The summed E-state index contributed by atoms with van der Waals surface area (Å²) in [5.41, 5.74) is 3.43. The molecule has 1 aliphatic rings. The Morgan fingerprint density at radius 3 is 3.00 bits per heavy atom. The zero-order valence-electron chi connectivity index (χ0n) is 10.7. The largest absolute Gasteiger partial charge is 0.372 e. The van der Waals surface area contributed by atoms with Crippen LogP contribution in [-0.2, 0) is 11.3 Å². The van der Waals surface area contributed by atoms with Crippen molar-refractivity contribution in [1.82, 2.24) is 10.3 Å². The van der Waals surface area contributed by atoms with Crippen LogP contribution >= 0.6 is 11.3 Å². The summed E-state index contributed by atoms with van der Waals surface area (Å²) in [6, 6.07) is 4.01. The Balaban J connectivity index is 1.69. The molecule has 0 aliphatic carbocycles. The predicted octanol–water partition coefficient (Wildman–Crippen LogP) is 3.04. The molecule has 0 saturated carbocycles. The molecule has 1 aromatic heterocycles. The van der Waals surface area contributed by atoms with E-state index in [9.17, 15) is 8.78 Å². The molecule has 1 N–H and O–H groups in total. The van der Waals surface area contributed by atoms with Gasteiger partial charge in [0, 0.05) is 24.6 Å². The molecule has 2 heterocycles. The number of thiazole rings is 1. The summed E-state index contributed by atoms with van der Waals surface area (Å²) in [6.07, 6.45) is 0.595. The molecule has 1 fully saturated rings. The lowest BCUT2D eigenvalue weighted by Crippen LogP contribution is -2.31. The normalized spacial score (nSPS) is 22.3. The SMILES string of the molecule is Fc1ccc([C@H]2OCC[C@H]2NCc2cscn2)cc1F. The van der Waals surface area contributed by atoms with E-state index in [4.69, 9.17) is 4.74 Å².